The molecule has 0 N–H and O–H groups in total. The van der Waals surface area contributed by atoms with Gasteiger partial charge in [0.1, 0.15) is 11.6 Å². The predicted molar refractivity (Wildman–Crippen MR) is 99.0 cm³/mol. The number of benzene rings is 1. The maximum atomic E-state index is 13.8. The van der Waals surface area contributed by atoms with Crippen LogP contribution in [0, 0.1) is 17.6 Å². The molecule has 6 heteroatoms. The fourth-order valence-electron chi connectivity index (χ4n) is 4.17. The first-order valence-electron chi connectivity index (χ1n) is 10.0. The highest BCUT2D eigenvalue weighted by Crippen LogP contribution is 2.24. The van der Waals surface area contributed by atoms with E-state index in [1.807, 2.05) is 9.80 Å². The van der Waals surface area contributed by atoms with E-state index in [2.05, 4.69) is 0 Å². The van der Waals surface area contributed by atoms with Crippen molar-refractivity contribution in [2.24, 2.45) is 5.92 Å². The summed E-state index contributed by atoms with van der Waals surface area (Å²) in [5.74, 6) is -0.378. The summed E-state index contributed by atoms with van der Waals surface area (Å²) in [6.07, 6.45) is 5.67. The second kappa shape index (κ2) is 9.29. The van der Waals surface area contributed by atoms with Gasteiger partial charge in [0.15, 0.2) is 0 Å². The molecule has 0 radical (unpaired) electrons. The molecule has 0 spiro atoms. The molecule has 2 fully saturated rings. The van der Waals surface area contributed by atoms with Crippen LogP contribution in [0.25, 0.3) is 0 Å². The predicted octanol–water partition coefficient (Wildman–Crippen LogP) is 3.54. The molecule has 4 nitrogen and oxygen atoms in total. The van der Waals surface area contributed by atoms with E-state index in [1.54, 1.807) is 0 Å². The van der Waals surface area contributed by atoms with Crippen molar-refractivity contribution in [2.75, 3.05) is 26.2 Å². The number of hydrogen-bond acceptors (Lipinski definition) is 2. The van der Waals surface area contributed by atoms with Gasteiger partial charge in [-0.15, -0.1) is 0 Å². The van der Waals surface area contributed by atoms with Gasteiger partial charge < -0.3 is 9.80 Å². The van der Waals surface area contributed by atoms with Crippen LogP contribution in [0.5, 0.6) is 0 Å². The highest BCUT2D eigenvalue weighted by atomic mass is 19.1. The number of carbonyl (C=O) groups is 2. The molecule has 3 rings (SSSR count). The average Bonchev–Trinajstić information content (AvgIpc) is 3.06. The van der Waals surface area contributed by atoms with Crippen LogP contribution >= 0.6 is 0 Å². The third-order valence-electron chi connectivity index (χ3n) is 5.73. The Morgan fingerprint density at radius 1 is 1.15 bits per heavy atom. The van der Waals surface area contributed by atoms with Crippen molar-refractivity contribution in [1.29, 1.82) is 0 Å². The molecule has 2 aliphatic rings. The van der Waals surface area contributed by atoms with E-state index in [-0.39, 0.29) is 23.3 Å². The zero-order chi connectivity index (χ0) is 19.2. The largest absolute Gasteiger partial charge is 0.343 e. The molecule has 0 unspecified atom stereocenters. The average molecular weight is 378 g/mol. The Balaban J connectivity index is 1.43. The van der Waals surface area contributed by atoms with Gasteiger partial charge in [-0.1, -0.05) is 6.07 Å². The second-order valence-electron chi connectivity index (χ2n) is 7.67. The van der Waals surface area contributed by atoms with Crippen molar-refractivity contribution in [3.05, 3.63) is 35.4 Å². The van der Waals surface area contributed by atoms with E-state index < -0.39 is 11.6 Å². The van der Waals surface area contributed by atoms with E-state index in [0.717, 1.165) is 32.4 Å². The molecule has 0 saturated carbocycles. The molecule has 2 heterocycles. The van der Waals surface area contributed by atoms with Gasteiger partial charge >= 0.3 is 0 Å². The Bertz CT molecular complexity index is 660. The Morgan fingerprint density at radius 3 is 2.63 bits per heavy atom. The Hall–Kier alpha value is -1.98. The molecule has 27 heavy (non-hydrogen) atoms. The van der Waals surface area contributed by atoms with Crippen LogP contribution in [0.15, 0.2) is 18.2 Å². The van der Waals surface area contributed by atoms with Crippen LogP contribution in [-0.4, -0.2) is 47.8 Å². The first kappa shape index (κ1) is 19.8. The summed E-state index contributed by atoms with van der Waals surface area (Å²) in [7, 11) is 0. The zero-order valence-corrected chi connectivity index (χ0v) is 15.8. The smallest absolute Gasteiger partial charge is 0.222 e. The fourth-order valence-corrected chi connectivity index (χ4v) is 4.17. The van der Waals surface area contributed by atoms with E-state index in [0.29, 0.717) is 45.2 Å². The summed E-state index contributed by atoms with van der Waals surface area (Å²) in [5.41, 5.74) is 0.149. The normalized spacial score (nSPS) is 20.4. The molecular weight excluding hydrogens is 350 g/mol. The van der Waals surface area contributed by atoms with Crippen molar-refractivity contribution >= 4 is 11.8 Å². The molecule has 0 aromatic heterocycles. The summed E-state index contributed by atoms with van der Waals surface area (Å²) in [6.45, 7) is 2.89. The van der Waals surface area contributed by atoms with Crippen LogP contribution in [0.3, 0.4) is 0 Å². The number of halogens is 2. The fraction of sp³-hybridized carbons (Fsp3) is 0.619. The van der Waals surface area contributed by atoms with Gasteiger partial charge in [0.2, 0.25) is 11.8 Å². The first-order valence-corrected chi connectivity index (χ1v) is 10.0. The van der Waals surface area contributed by atoms with Crippen LogP contribution in [0.1, 0.15) is 50.5 Å². The minimum absolute atomic E-state index is 0.128. The Labute approximate surface area is 159 Å². The maximum absolute atomic E-state index is 13.8. The topological polar surface area (TPSA) is 40.6 Å². The lowest BCUT2D eigenvalue weighted by Crippen LogP contribution is -2.40. The lowest BCUT2D eigenvalue weighted by molar-refractivity contribution is -0.134. The van der Waals surface area contributed by atoms with Crippen LogP contribution in [0.4, 0.5) is 8.78 Å². The van der Waals surface area contributed by atoms with Gasteiger partial charge in [-0.05, 0) is 56.6 Å². The van der Waals surface area contributed by atoms with Gasteiger partial charge in [0, 0.05) is 44.6 Å². The Morgan fingerprint density at radius 2 is 1.93 bits per heavy atom. The molecule has 2 amide bonds. The number of hydrogen-bond donors (Lipinski definition) is 0. The quantitative estimate of drug-likeness (QED) is 0.728. The third kappa shape index (κ3) is 5.27. The van der Waals surface area contributed by atoms with Gasteiger partial charge in [0.05, 0.1) is 0 Å². The second-order valence-corrected chi connectivity index (χ2v) is 7.67. The summed E-state index contributed by atoms with van der Waals surface area (Å²) < 4.78 is 27.5. The summed E-state index contributed by atoms with van der Waals surface area (Å²) in [6, 6.07) is 3.96. The van der Waals surface area contributed by atoms with Gasteiger partial charge in [-0.3, -0.25) is 9.59 Å². The molecule has 1 aromatic rings. The van der Waals surface area contributed by atoms with Crippen molar-refractivity contribution < 1.29 is 18.4 Å². The van der Waals surface area contributed by atoms with Crippen LogP contribution in [0.2, 0.25) is 0 Å². The lowest BCUT2D eigenvalue weighted by Gasteiger charge is -2.33. The summed E-state index contributed by atoms with van der Waals surface area (Å²) in [4.78, 5) is 27.8. The first-order chi connectivity index (χ1) is 13.0. The monoisotopic (exact) mass is 378 g/mol. The lowest BCUT2D eigenvalue weighted by atomic mass is 9.91. The minimum Gasteiger partial charge on any atom is -0.343 e. The third-order valence-corrected chi connectivity index (χ3v) is 5.73. The highest BCUT2D eigenvalue weighted by Gasteiger charge is 2.25. The van der Waals surface area contributed by atoms with Crippen molar-refractivity contribution in [1.82, 2.24) is 9.80 Å². The van der Waals surface area contributed by atoms with E-state index in [4.69, 9.17) is 0 Å². The molecule has 1 atom stereocenters. The molecule has 0 bridgehead atoms. The summed E-state index contributed by atoms with van der Waals surface area (Å²) >= 11 is 0. The number of nitrogens with zero attached hydrogens (tertiary/aromatic N) is 2. The SMILES string of the molecule is O=C1CCCN1CCCC(=O)N1CCC[C@@H](CCc2c(F)cccc2F)C1. The van der Waals surface area contributed by atoms with Crippen molar-refractivity contribution in [2.45, 2.75) is 51.4 Å². The standard InChI is InChI=1S/C21H28F2N2O2/c22-18-6-1-7-19(23)17(18)11-10-16-5-2-14-25(15-16)21(27)9-4-13-24-12-3-8-20(24)26/h1,6-7,16H,2-5,8-15H2/t16-/m0/s1. The van der Waals surface area contributed by atoms with E-state index >= 15 is 0 Å². The van der Waals surface area contributed by atoms with E-state index in [9.17, 15) is 18.4 Å². The van der Waals surface area contributed by atoms with Gasteiger partial charge in [0.25, 0.3) is 0 Å². The molecule has 2 aliphatic heterocycles. The van der Waals surface area contributed by atoms with Crippen LogP contribution in [-0.2, 0) is 16.0 Å². The number of rotatable bonds is 7. The number of piperidine rings is 1. The maximum Gasteiger partial charge on any atom is 0.222 e. The number of amides is 2. The highest BCUT2D eigenvalue weighted by molar-refractivity contribution is 5.78. The Kier molecular flexibility index (Phi) is 6.80. The molecule has 148 valence electrons. The zero-order valence-electron chi connectivity index (χ0n) is 15.8. The van der Waals surface area contributed by atoms with Crippen molar-refractivity contribution in [3.8, 4) is 0 Å². The molecule has 1 aromatic carbocycles. The molecule has 2 saturated heterocycles. The molecule has 0 aliphatic carbocycles. The van der Waals surface area contributed by atoms with Crippen molar-refractivity contribution in [3.63, 3.8) is 0 Å². The van der Waals surface area contributed by atoms with Gasteiger partial charge in [-0.2, -0.15) is 0 Å². The summed E-state index contributed by atoms with van der Waals surface area (Å²) in [5, 5.41) is 0. The molecular formula is C21H28F2N2O2. The van der Waals surface area contributed by atoms with E-state index in [1.165, 1.54) is 18.2 Å². The minimum atomic E-state index is -0.491. The number of carbonyl (C=O) groups excluding carboxylic acids is 2. The number of likely N-dealkylation sites (tertiary alicyclic amines) is 2. The van der Waals surface area contributed by atoms with Gasteiger partial charge in [-0.25, -0.2) is 8.78 Å². The van der Waals surface area contributed by atoms with Crippen LogP contribution < -0.4 is 0 Å².